The molecule has 8 aromatic rings. The predicted octanol–water partition coefficient (Wildman–Crippen LogP) is 17.7. The molecule has 0 radical (unpaired) electrons. The fourth-order valence-electron chi connectivity index (χ4n) is 17.4. The van der Waals surface area contributed by atoms with Crippen molar-refractivity contribution in [2.24, 2.45) is 29.6 Å². The van der Waals surface area contributed by atoms with Gasteiger partial charge in [0.1, 0.15) is 29.1 Å². The molecule has 2 aromatic heterocycles. The molecule has 3 aliphatic carbocycles. The van der Waals surface area contributed by atoms with Crippen molar-refractivity contribution in [3.63, 3.8) is 0 Å². The molecule has 0 saturated heterocycles. The van der Waals surface area contributed by atoms with Crippen LogP contribution in [0.1, 0.15) is 219 Å². The van der Waals surface area contributed by atoms with E-state index >= 15 is 13.2 Å². The van der Waals surface area contributed by atoms with Crippen LogP contribution in [-0.4, -0.2) is 110 Å². The Morgan fingerprint density at radius 3 is 1.17 bits per heavy atom. The number of hydrogen-bond donors (Lipinski definition) is 7. The average Bonchev–Trinajstić information content (AvgIpc) is 1.55. The van der Waals surface area contributed by atoms with Crippen LogP contribution in [0.3, 0.4) is 0 Å². The third-order valence-corrected chi connectivity index (χ3v) is 24.6. The van der Waals surface area contributed by atoms with Gasteiger partial charge in [-0.3, -0.25) is 14.6 Å². The number of ether oxygens (including phenoxy) is 2. The van der Waals surface area contributed by atoms with Crippen molar-refractivity contribution in [1.82, 2.24) is 29.7 Å². The van der Waals surface area contributed by atoms with Crippen molar-refractivity contribution in [2.75, 3.05) is 26.4 Å². The van der Waals surface area contributed by atoms with Gasteiger partial charge in [-0.2, -0.15) is 0 Å². The number of carboxylic acids is 1. The summed E-state index contributed by atoms with van der Waals surface area (Å²) in [6.07, 6.45) is 17.0. The maximum Gasteiger partial charge on any atom is 0.336 e. The second-order valence-electron chi connectivity index (χ2n) is 30.1. The first-order valence-electron chi connectivity index (χ1n) is 37.9. The van der Waals surface area contributed by atoms with Crippen molar-refractivity contribution < 1.29 is 68.0 Å². The molecule has 3 unspecified atom stereocenters. The van der Waals surface area contributed by atoms with E-state index in [1.165, 1.54) is 67.3 Å². The molecule has 17 nitrogen and oxygen atoms in total. The third kappa shape index (κ3) is 17.7. The first kappa shape index (κ1) is 84.4. The van der Waals surface area contributed by atoms with E-state index in [9.17, 15) is 45.3 Å². The van der Waals surface area contributed by atoms with Crippen LogP contribution in [0, 0.1) is 47.0 Å². The van der Waals surface area contributed by atoms with Gasteiger partial charge in [-0.1, -0.05) is 155 Å². The number of hydrogen-bond acceptors (Lipinski definition) is 16. The van der Waals surface area contributed by atoms with E-state index in [0.717, 1.165) is 57.4 Å². The second kappa shape index (κ2) is 36.3. The third-order valence-electron chi connectivity index (χ3n) is 23.4. The van der Waals surface area contributed by atoms with Crippen LogP contribution in [0.2, 0.25) is 25.1 Å². The molecule has 3 saturated carbocycles. The van der Waals surface area contributed by atoms with Crippen molar-refractivity contribution in [3.8, 4) is 0 Å². The summed E-state index contributed by atoms with van der Waals surface area (Å²) >= 11 is 30.3. The highest BCUT2D eigenvalue weighted by atomic mass is 35.5. The minimum Gasteiger partial charge on any atom is -0.478 e. The smallest absolute Gasteiger partial charge is 0.336 e. The fourth-order valence-corrected chi connectivity index (χ4v) is 18.0. The second-order valence-corrected chi connectivity index (χ2v) is 32.2. The number of ketones is 1. The quantitative estimate of drug-likeness (QED) is 0.0278. The zero-order chi connectivity index (χ0) is 79.0. The molecule has 110 heavy (non-hydrogen) atoms. The summed E-state index contributed by atoms with van der Waals surface area (Å²) in [5.74, 6) is -2.00. The largest absolute Gasteiger partial charge is 0.478 e. The van der Waals surface area contributed by atoms with Gasteiger partial charge in [0.15, 0.2) is 17.2 Å². The topological polar surface area (TPSA) is 252 Å². The molecule has 0 bridgehead atoms. The number of aliphatic hydroxyl groups excluding tert-OH is 3. The molecular formula is C85H96Cl5F3N6O11. The maximum absolute atomic E-state index is 16.5. The number of nitrogens with zero attached hydrogens (tertiary/aromatic N) is 6. The number of carbonyl (C=O) groups excluding carboxylic acids is 1. The normalized spacial score (nSPS) is 23.6. The van der Waals surface area contributed by atoms with E-state index in [1.54, 1.807) is 36.4 Å². The molecule has 25 heteroatoms. The summed E-state index contributed by atoms with van der Waals surface area (Å²) < 4.78 is 61.0. The molecule has 2 aliphatic heterocycles. The van der Waals surface area contributed by atoms with Crippen LogP contribution in [0.25, 0.3) is 0 Å². The number of aromatic nitrogens is 4. The van der Waals surface area contributed by atoms with E-state index in [4.69, 9.17) is 67.5 Å². The molecule has 588 valence electrons. The molecule has 0 amide bonds. The van der Waals surface area contributed by atoms with Crippen LogP contribution >= 0.6 is 58.0 Å². The summed E-state index contributed by atoms with van der Waals surface area (Å²) in [6.45, 7) is 10.5. The van der Waals surface area contributed by atoms with Gasteiger partial charge in [0.25, 0.3) is 0 Å². The Morgan fingerprint density at radius 2 is 0.827 bits per heavy atom. The SMILES string of the molecule is CCC(O)(c1cc(F)c(C(=O)c2ccc(Cl)cc2)c(C(=O)O)c1)C1CCC(C)CC1.CCC(O)(c1cc(F)c2c(c1)CN(Cc1ncc(Cl)cn1)[C@@]2(OCCO)c1ccc(Cl)cc1)C1CCC(C)CC1.CCC(O)(c1cc(F)c2c(c1)CN(Cc1ncc(Cl)cn1)[C@@]2(OCCO)c1ccc(Cl)cc1)C1CCC(O)CC1. The Labute approximate surface area is 665 Å². The first-order valence-corrected chi connectivity index (χ1v) is 39.8. The van der Waals surface area contributed by atoms with Crippen LogP contribution < -0.4 is 0 Å². The van der Waals surface area contributed by atoms with Gasteiger partial charge < -0.3 is 45.2 Å². The molecule has 4 heterocycles. The van der Waals surface area contributed by atoms with Gasteiger partial charge in [-0.05, 0) is 201 Å². The molecular weight excluding hydrogens is 1520 g/mol. The standard InChI is InChI=1S/C31H36Cl2FN3O3.C30H34Cl2FN3O4.C24H26ClFO4/c1-3-30(39,22-6-4-20(2)5-7-22)24-14-21-18-37(19-28-35-16-26(33)17-36-28)31(40-13-12-38,29(21)27(34)15-24)23-8-10-25(32)11-9-23;1-2-29(39,20-5-9-25(38)10-6-20)22-13-19-17-36(18-27-34-15-24(32)16-35-27)30(40-12-11-37,28(19)26(33)14-22)21-3-7-23(31)8-4-21;1-3-24(30,16-8-4-14(2)5-9-16)17-12-19(23(28)29)21(20(26)13-17)22(27)15-6-10-18(25)11-7-15/h8-11,14-17,20,22,38-39H,3-7,12-13,18-19H2,1-2H3;3-4,7-8,13-16,20,25,37-39H,2,5-6,9-12,17-18H2,1H3;6-7,10-14,16,30H,3-5,8-9H2,1-2H3,(H,28,29)/t20?,22?,30?,31-;20?,25?,29?,30-;/m11./s1. The molecule has 13 rings (SSSR count). The van der Waals surface area contributed by atoms with Crippen LogP contribution in [0.4, 0.5) is 13.2 Å². The molecule has 0 spiro atoms. The van der Waals surface area contributed by atoms with E-state index < -0.39 is 68.6 Å². The lowest BCUT2D eigenvalue weighted by molar-refractivity contribution is -0.139. The number of aliphatic hydroxyl groups is 6. The van der Waals surface area contributed by atoms with Gasteiger partial charge in [0.05, 0.1) is 83.6 Å². The highest BCUT2D eigenvalue weighted by Gasteiger charge is 2.54. The summed E-state index contributed by atoms with van der Waals surface area (Å²) in [6, 6.07) is 29.0. The summed E-state index contributed by atoms with van der Waals surface area (Å²) in [5, 5.41) is 76.9. The number of carboxylic acid groups (broad SMARTS) is 1. The fraction of sp³-hybridized carbons (Fsp3) is 0.459. The van der Waals surface area contributed by atoms with Crippen molar-refractivity contribution in [2.45, 2.75) is 191 Å². The lowest BCUT2D eigenvalue weighted by Crippen LogP contribution is -2.45. The van der Waals surface area contributed by atoms with Gasteiger partial charge in [0.2, 0.25) is 0 Å². The van der Waals surface area contributed by atoms with Crippen molar-refractivity contribution in [1.29, 1.82) is 0 Å². The van der Waals surface area contributed by atoms with E-state index in [-0.39, 0.29) is 81.0 Å². The van der Waals surface area contributed by atoms with Gasteiger partial charge in [-0.25, -0.2) is 37.9 Å². The zero-order valence-corrected chi connectivity index (χ0v) is 66.2. The summed E-state index contributed by atoms with van der Waals surface area (Å²) in [5.41, 5.74) is -2.62. The summed E-state index contributed by atoms with van der Waals surface area (Å²) in [4.78, 5) is 46.1. The Balaban J connectivity index is 0.000000166. The number of fused-ring (bicyclic) bond motifs is 2. The number of halogens is 8. The van der Waals surface area contributed by atoms with E-state index in [0.29, 0.717) is 145 Å². The number of benzene rings is 6. The van der Waals surface area contributed by atoms with Crippen LogP contribution in [0.15, 0.2) is 134 Å². The van der Waals surface area contributed by atoms with Crippen LogP contribution in [0.5, 0.6) is 0 Å². The predicted molar refractivity (Wildman–Crippen MR) is 417 cm³/mol. The molecule has 7 N–H and O–H groups in total. The highest BCUT2D eigenvalue weighted by Crippen LogP contribution is 2.54. The Kier molecular flexibility index (Phi) is 27.8. The van der Waals surface area contributed by atoms with Crippen molar-refractivity contribution >= 4 is 69.8 Å². The minimum atomic E-state index is -1.41. The monoisotopic (exact) mass is 1610 g/mol. The maximum atomic E-state index is 16.5. The molecule has 6 aromatic carbocycles. The first-order chi connectivity index (χ1) is 52.6. The van der Waals surface area contributed by atoms with Crippen LogP contribution in [-0.2, 0) is 63.9 Å². The number of rotatable bonds is 24. The van der Waals surface area contributed by atoms with Crippen molar-refractivity contribution in [3.05, 3.63) is 255 Å². The summed E-state index contributed by atoms with van der Waals surface area (Å²) in [7, 11) is 0. The highest BCUT2D eigenvalue weighted by molar-refractivity contribution is 6.31. The number of aromatic carboxylic acids is 1. The van der Waals surface area contributed by atoms with E-state index in [2.05, 4.69) is 33.8 Å². The molecule has 5 atom stereocenters. The minimum absolute atomic E-state index is 0.0274. The Hall–Kier alpha value is -6.54. The Bertz CT molecular complexity index is 4280. The average molecular weight is 1610 g/mol. The number of carbonyl (C=O) groups is 2. The molecule has 5 aliphatic rings. The lowest BCUT2D eigenvalue weighted by atomic mass is 9.69. The van der Waals surface area contributed by atoms with Gasteiger partial charge in [0, 0.05) is 80.8 Å². The Morgan fingerprint density at radius 1 is 0.491 bits per heavy atom. The molecule has 3 fully saturated rings. The lowest BCUT2D eigenvalue weighted by Gasteiger charge is -2.41. The van der Waals surface area contributed by atoms with Gasteiger partial charge in [-0.15, -0.1) is 0 Å². The zero-order valence-electron chi connectivity index (χ0n) is 62.4. The van der Waals surface area contributed by atoms with Gasteiger partial charge >= 0.3 is 5.97 Å². The van der Waals surface area contributed by atoms with E-state index in [1.807, 2.05) is 54.8 Å².